The minimum absolute atomic E-state index is 0.320. The number of methoxy groups -OCH3 is 1. The first-order valence-electron chi connectivity index (χ1n) is 9.25. The summed E-state index contributed by atoms with van der Waals surface area (Å²) in [6.07, 6.45) is 0.320. The quantitative estimate of drug-likeness (QED) is 0.541. The van der Waals surface area contributed by atoms with Crippen LogP contribution in [0, 0.1) is 11.8 Å². The van der Waals surface area contributed by atoms with E-state index in [9.17, 15) is 9.59 Å². The maximum Gasteiger partial charge on any atom is 0.328 e. The van der Waals surface area contributed by atoms with Crippen molar-refractivity contribution in [1.29, 1.82) is 0 Å². The number of amides is 1. The maximum atomic E-state index is 12.2. The lowest BCUT2D eigenvalue weighted by atomic mass is 10.0. The third kappa shape index (κ3) is 5.82. The summed E-state index contributed by atoms with van der Waals surface area (Å²) in [4.78, 5) is 24.3. The van der Waals surface area contributed by atoms with Gasteiger partial charge in [-0.1, -0.05) is 78.7 Å². The van der Waals surface area contributed by atoms with Gasteiger partial charge in [0.15, 0.2) is 0 Å². The molecule has 3 aromatic carbocycles. The Balaban J connectivity index is 1.68. The molecule has 29 heavy (non-hydrogen) atoms. The molecular formula is C25H21NO3. The van der Waals surface area contributed by atoms with Gasteiger partial charge in [-0.05, 0) is 28.8 Å². The average Bonchev–Trinajstić information content (AvgIpc) is 2.78. The number of nitrogens with one attached hydrogen (secondary N) is 1. The van der Waals surface area contributed by atoms with Crippen LogP contribution < -0.4 is 5.32 Å². The van der Waals surface area contributed by atoms with Crippen molar-refractivity contribution in [3.63, 3.8) is 0 Å². The highest BCUT2D eigenvalue weighted by Crippen LogP contribution is 2.19. The molecule has 0 spiro atoms. The molecule has 0 bridgehead atoms. The Kier molecular flexibility index (Phi) is 6.80. The van der Waals surface area contributed by atoms with E-state index in [1.54, 1.807) is 0 Å². The second-order valence-electron chi connectivity index (χ2n) is 6.43. The van der Waals surface area contributed by atoms with Crippen LogP contribution in [0.4, 0.5) is 0 Å². The molecule has 1 unspecified atom stereocenters. The fraction of sp³-hybridized carbons (Fsp3) is 0.120. The van der Waals surface area contributed by atoms with E-state index in [2.05, 4.69) is 17.2 Å². The van der Waals surface area contributed by atoms with E-state index in [1.807, 2.05) is 84.9 Å². The zero-order valence-corrected chi connectivity index (χ0v) is 16.1. The molecule has 1 N–H and O–H groups in total. The summed E-state index contributed by atoms with van der Waals surface area (Å²) in [6.45, 7) is 0. The summed E-state index contributed by atoms with van der Waals surface area (Å²) in [6, 6.07) is 26.3. The highest BCUT2D eigenvalue weighted by molar-refractivity contribution is 5.96. The molecule has 0 aromatic heterocycles. The summed E-state index contributed by atoms with van der Waals surface area (Å²) < 4.78 is 4.84. The summed E-state index contributed by atoms with van der Waals surface area (Å²) >= 11 is 0. The maximum absolute atomic E-state index is 12.2. The predicted octanol–water partition coefficient (Wildman–Crippen LogP) is 3.61. The molecule has 0 saturated carbocycles. The van der Waals surface area contributed by atoms with Crippen LogP contribution in [0.25, 0.3) is 11.1 Å². The lowest BCUT2D eigenvalue weighted by molar-refractivity contribution is -0.144. The fourth-order valence-corrected chi connectivity index (χ4v) is 2.88. The van der Waals surface area contributed by atoms with Crippen LogP contribution in [-0.2, 0) is 20.7 Å². The monoisotopic (exact) mass is 383 g/mol. The standard InChI is InChI=1S/C25H21NO3/c1-29-25(28)23(26-24(27)17-14-19-8-4-2-5-9-19)18-20-12-15-22(16-13-20)21-10-6-3-7-11-21/h2-13,15-16,23H,18H2,1H3,(H,26,27). The van der Waals surface area contributed by atoms with Crippen LogP contribution in [0.5, 0.6) is 0 Å². The molecule has 0 aliphatic carbocycles. The van der Waals surface area contributed by atoms with E-state index < -0.39 is 17.9 Å². The van der Waals surface area contributed by atoms with Crippen molar-refractivity contribution in [2.24, 2.45) is 0 Å². The number of hydrogen-bond donors (Lipinski definition) is 1. The zero-order valence-electron chi connectivity index (χ0n) is 16.1. The number of hydrogen-bond acceptors (Lipinski definition) is 3. The van der Waals surface area contributed by atoms with Crippen LogP contribution in [0.15, 0.2) is 84.9 Å². The Morgan fingerprint density at radius 1 is 0.862 bits per heavy atom. The lowest BCUT2D eigenvalue weighted by Crippen LogP contribution is -2.42. The number of carbonyl (C=O) groups is 2. The van der Waals surface area contributed by atoms with Crippen molar-refractivity contribution < 1.29 is 14.3 Å². The molecule has 1 amide bonds. The van der Waals surface area contributed by atoms with Gasteiger partial charge >= 0.3 is 5.97 Å². The van der Waals surface area contributed by atoms with Crippen LogP contribution in [0.2, 0.25) is 0 Å². The van der Waals surface area contributed by atoms with Crippen molar-refractivity contribution in [2.45, 2.75) is 12.5 Å². The zero-order chi connectivity index (χ0) is 20.5. The molecule has 4 nitrogen and oxygen atoms in total. The first-order chi connectivity index (χ1) is 14.2. The number of rotatable bonds is 5. The van der Waals surface area contributed by atoms with Gasteiger partial charge in [0.05, 0.1) is 7.11 Å². The van der Waals surface area contributed by atoms with Gasteiger partial charge < -0.3 is 10.1 Å². The number of benzene rings is 3. The smallest absolute Gasteiger partial charge is 0.328 e. The molecule has 0 aliphatic heterocycles. The summed E-state index contributed by atoms with van der Waals surface area (Å²) in [7, 11) is 1.30. The van der Waals surface area contributed by atoms with E-state index in [4.69, 9.17) is 4.74 Å². The van der Waals surface area contributed by atoms with Crippen molar-refractivity contribution in [1.82, 2.24) is 5.32 Å². The minimum atomic E-state index is -0.805. The summed E-state index contributed by atoms with van der Waals surface area (Å²) in [5.41, 5.74) is 3.85. The van der Waals surface area contributed by atoms with Crippen LogP contribution in [-0.4, -0.2) is 25.0 Å². The van der Waals surface area contributed by atoms with Crippen LogP contribution in [0.3, 0.4) is 0 Å². The van der Waals surface area contributed by atoms with Gasteiger partial charge in [-0.3, -0.25) is 4.79 Å². The minimum Gasteiger partial charge on any atom is -0.467 e. The Morgan fingerprint density at radius 2 is 1.45 bits per heavy atom. The molecule has 0 aliphatic rings. The normalized spacial score (nSPS) is 10.9. The van der Waals surface area contributed by atoms with Crippen LogP contribution >= 0.6 is 0 Å². The van der Waals surface area contributed by atoms with Gasteiger partial charge in [-0.2, -0.15) is 0 Å². The topological polar surface area (TPSA) is 55.4 Å². The second-order valence-corrected chi connectivity index (χ2v) is 6.43. The molecular weight excluding hydrogens is 362 g/mol. The van der Waals surface area contributed by atoms with E-state index in [0.29, 0.717) is 6.42 Å². The van der Waals surface area contributed by atoms with E-state index in [0.717, 1.165) is 22.3 Å². The molecule has 3 aromatic rings. The number of carbonyl (C=O) groups excluding carboxylic acids is 2. The van der Waals surface area contributed by atoms with Crippen molar-refractivity contribution >= 4 is 11.9 Å². The Morgan fingerprint density at radius 3 is 2.07 bits per heavy atom. The highest BCUT2D eigenvalue weighted by atomic mass is 16.5. The molecule has 4 heteroatoms. The van der Waals surface area contributed by atoms with Gasteiger partial charge in [0.1, 0.15) is 6.04 Å². The van der Waals surface area contributed by atoms with Gasteiger partial charge in [0, 0.05) is 17.9 Å². The van der Waals surface area contributed by atoms with E-state index in [-0.39, 0.29) is 0 Å². The lowest BCUT2D eigenvalue weighted by Gasteiger charge is -2.15. The largest absolute Gasteiger partial charge is 0.467 e. The average molecular weight is 383 g/mol. The Labute approximate surface area is 170 Å². The van der Waals surface area contributed by atoms with Gasteiger partial charge in [0.2, 0.25) is 0 Å². The molecule has 0 heterocycles. The van der Waals surface area contributed by atoms with Gasteiger partial charge in [0.25, 0.3) is 5.91 Å². The summed E-state index contributed by atoms with van der Waals surface area (Å²) in [5, 5.41) is 2.65. The Bertz CT molecular complexity index is 1020. The fourth-order valence-electron chi connectivity index (χ4n) is 2.88. The van der Waals surface area contributed by atoms with E-state index >= 15 is 0 Å². The number of esters is 1. The molecule has 1 atom stereocenters. The molecule has 0 radical (unpaired) electrons. The van der Waals surface area contributed by atoms with E-state index in [1.165, 1.54) is 7.11 Å². The molecule has 3 rings (SSSR count). The third-order valence-electron chi connectivity index (χ3n) is 4.39. The van der Waals surface area contributed by atoms with Crippen LogP contribution in [0.1, 0.15) is 11.1 Å². The Hall–Kier alpha value is -3.84. The van der Waals surface area contributed by atoms with Gasteiger partial charge in [-0.25, -0.2) is 4.79 Å². The van der Waals surface area contributed by atoms with Gasteiger partial charge in [-0.15, -0.1) is 0 Å². The summed E-state index contributed by atoms with van der Waals surface area (Å²) in [5.74, 6) is 4.27. The number of ether oxygens (including phenoxy) is 1. The second kappa shape index (κ2) is 9.91. The van der Waals surface area contributed by atoms with Crippen molar-refractivity contribution in [2.75, 3.05) is 7.11 Å². The van der Waals surface area contributed by atoms with Crippen molar-refractivity contribution in [3.8, 4) is 23.0 Å². The molecule has 144 valence electrons. The SMILES string of the molecule is COC(=O)C(Cc1ccc(-c2ccccc2)cc1)NC(=O)C#Cc1ccccc1. The first kappa shape index (κ1) is 19.9. The molecule has 0 fully saturated rings. The highest BCUT2D eigenvalue weighted by Gasteiger charge is 2.21. The molecule has 0 saturated heterocycles. The van der Waals surface area contributed by atoms with Crippen molar-refractivity contribution in [3.05, 3.63) is 96.1 Å². The third-order valence-corrected chi connectivity index (χ3v) is 4.39. The first-order valence-corrected chi connectivity index (χ1v) is 9.25. The predicted molar refractivity (Wildman–Crippen MR) is 113 cm³/mol.